The second-order valence-corrected chi connectivity index (χ2v) is 6.52. The Morgan fingerprint density at radius 1 is 1.29 bits per heavy atom. The summed E-state index contributed by atoms with van der Waals surface area (Å²) in [5.41, 5.74) is 2.61. The molecule has 0 bridgehead atoms. The van der Waals surface area contributed by atoms with Gasteiger partial charge in [0.25, 0.3) is 0 Å². The molecule has 0 spiro atoms. The summed E-state index contributed by atoms with van der Waals surface area (Å²) in [5.74, 6) is 1.82. The van der Waals surface area contributed by atoms with E-state index in [-0.39, 0.29) is 0 Å². The van der Waals surface area contributed by atoms with Gasteiger partial charge in [-0.1, -0.05) is 12.1 Å². The highest BCUT2D eigenvalue weighted by Crippen LogP contribution is 2.21. The molecule has 1 aromatic carbocycles. The van der Waals surface area contributed by atoms with Crippen molar-refractivity contribution in [3.05, 3.63) is 29.3 Å². The van der Waals surface area contributed by atoms with Crippen LogP contribution in [0.5, 0.6) is 5.75 Å². The fraction of sp³-hybridized carbons (Fsp3) is 0.667. The van der Waals surface area contributed by atoms with Crippen molar-refractivity contribution in [2.24, 2.45) is 5.92 Å². The minimum Gasteiger partial charge on any atom is -0.496 e. The summed E-state index contributed by atoms with van der Waals surface area (Å²) < 4.78 is 5.35. The lowest BCUT2D eigenvalue weighted by Crippen LogP contribution is -2.39. The molecule has 0 aliphatic carbocycles. The Labute approximate surface area is 129 Å². The molecule has 1 N–H and O–H groups in total. The molecular formula is C18H30N2O. The second-order valence-electron chi connectivity index (χ2n) is 6.52. The molecule has 0 atom stereocenters. The minimum absolute atomic E-state index is 0.585. The van der Waals surface area contributed by atoms with Crippen molar-refractivity contribution < 1.29 is 4.74 Å². The van der Waals surface area contributed by atoms with Gasteiger partial charge in [0.2, 0.25) is 0 Å². The van der Waals surface area contributed by atoms with E-state index in [1.165, 1.54) is 43.6 Å². The third kappa shape index (κ3) is 4.72. The lowest BCUT2D eigenvalue weighted by Gasteiger charge is -2.33. The van der Waals surface area contributed by atoms with Crippen LogP contribution >= 0.6 is 0 Å². The van der Waals surface area contributed by atoms with Crippen molar-refractivity contribution in [3.63, 3.8) is 0 Å². The van der Waals surface area contributed by atoms with Crippen molar-refractivity contribution >= 4 is 0 Å². The molecule has 0 saturated carbocycles. The van der Waals surface area contributed by atoms with Gasteiger partial charge in [0.1, 0.15) is 5.75 Å². The Hall–Kier alpha value is -1.06. The van der Waals surface area contributed by atoms with Crippen LogP contribution in [0.1, 0.15) is 37.8 Å². The van der Waals surface area contributed by atoms with E-state index in [9.17, 15) is 0 Å². The van der Waals surface area contributed by atoms with Crippen LogP contribution < -0.4 is 10.1 Å². The molecule has 21 heavy (non-hydrogen) atoms. The highest BCUT2D eigenvalue weighted by molar-refractivity contribution is 5.36. The summed E-state index contributed by atoms with van der Waals surface area (Å²) in [6.45, 7) is 11.3. The summed E-state index contributed by atoms with van der Waals surface area (Å²) in [4.78, 5) is 2.61. The standard InChI is InChI=1S/C18H30N2O/c1-14(2)20(12-16-7-9-19-10-8-16)13-17-5-6-18(21-4)15(3)11-17/h5-6,11,14,16,19H,7-10,12-13H2,1-4H3. The monoisotopic (exact) mass is 290 g/mol. The quantitative estimate of drug-likeness (QED) is 0.870. The van der Waals surface area contributed by atoms with Crippen LogP contribution in [0.3, 0.4) is 0 Å². The van der Waals surface area contributed by atoms with Crippen LogP contribution in [0.25, 0.3) is 0 Å². The Morgan fingerprint density at radius 3 is 2.57 bits per heavy atom. The number of nitrogens with one attached hydrogen (secondary N) is 1. The van der Waals surface area contributed by atoms with Gasteiger partial charge in [0.15, 0.2) is 0 Å². The summed E-state index contributed by atoms with van der Waals surface area (Å²) in [7, 11) is 1.74. The lowest BCUT2D eigenvalue weighted by molar-refractivity contribution is 0.161. The Morgan fingerprint density at radius 2 is 2.00 bits per heavy atom. The molecule has 0 amide bonds. The third-order valence-electron chi connectivity index (χ3n) is 4.53. The van der Waals surface area contributed by atoms with Crippen molar-refractivity contribution in [2.45, 2.75) is 46.2 Å². The molecule has 1 aromatic rings. The Bertz CT molecular complexity index is 439. The van der Waals surface area contributed by atoms with Crippen LogP contribution in [-0.4, -0.2) is 37.7 Å². The highest BCUT2D eigenvalue weighted by atomic mass is 16.5. The average Bonchev–Trinajstić information content (AvgIpc) is 2.48. The van der Waals surface area contributed by atoms with Gasteiger partial charge in [-0.15, -0.1) is 0 Å². The van der Waals surface area contributed by atoms with Gasteiger partial charge in [-0.25, -0.2) is 0 Å². The SMILES string of the molecule is COc1ccc(CN(CC2CCNCC2)C(C)C)cc1C. The molecule has 3 nitrogen and oxygen atoms in total. The topological polar surface area (TPSA) is 24.5 Å². The largest absolute Gasteiger partial charge is 0.496 e. The van der Waals surface area contributed by atoms with Gasteiger partial charge in [0.05, 0.1) is 7.11 Å². The van der Waals surface area contributed by atoms with E-state index >= 15 is 0 Å². The fourth-order valence-corrected chi connectivity index (χ4v) is 3.13. The molecule has 0 unspecified atom stereocenters. The van der Waals surface area contributed by atoms with E-state index in [4.69, 9.17) is 4.74 Å². The van der Waals surface area contributed by atoms with Gasteiger partial charge in [-0.3, -0.25) is 4.90 Å². The minimum atomic E-state index is 0.585. The molecule has 1 fully saturated rings. The molecule has 3 heteroatoms. The highest BCUT2D eigenvalue weighted by Gasteiger charge is 2.19. The van der Waals surface area contributed by atoms with E-state index in [1.807, 2.05) is 0 Å². The van der Waals surface area contributed by atoms with Gasteiger partial charge >= 0.3 is 0 Å². The molecule has 1 saturated heterocycles. The number of hydrogen-bond donors (Lipinski definition) is 1. The number of benzene rings is 1. The number of hydrogen-bond acceptors (Lipinski definition) is 3. The number of nitrogens with zero attached hydrogens (tertiary/aromatic N) is 1. The molecule has 2 rings (SSSR count). The lowest BCUT2D eigenvalue weighted by atomic mass is 9.96. The van der Waals surface area contributed by atoms with Crippen LogP contribution in [0.4, 0.5) is 0 Å². The van der Waals surface area contributed by atoms with Crippen molar-refractivity contribution in [2.75, 3.05) is 26.7 Å². The first-order valence-corrected chi connectivity index (χ1v) is 8.18. The van der Waals surface area contributed by atoms with Gasteiger partial charge in [-0.2, -0.15) is 0 Å². The van der Waals surface area contributed by atoms with Gasteiger partial charge in [-0.05, 0) is 69.8 Å². The van der Waals surface area contributed by atoms with E-state index < -0.39 is 0 Å². The number of rotatable bonds is 6. The van der Waals surface area contributed by atoms with Crippen molar-refractivity contribution in [3.8, 4) is 5.75 Å². The maximum Gasteiger partial charge on any atom is 0.121 e. The third-order valence-corrected chi connectivity index (χ3v) is 4.53. The molecule has 0 radical (unpaired) electrons. The number of aryl methyl sites for hydroxylation is 1. The van der Waals surface area contributed by atoms with Gasteiger partial charge in [0, 0.05) is 19.1 Å². The maximum absolute atomic E-state index is 5.35. The average molecular weight is 290 g/mol. The molecule has 1 heterocycles. The molecule has 0 aromatic heterocycles. The van der Waals surface area contributed by atoms with Crippen molar-refractivity contribution in [1.82, 2.24) is 10.2 Å². The van der Waals surface area contributed by atoms with Crippen LogP contribution in [0, 0.1) is 12.8 Å². The first-order valence-electron chi connectivity index (χ1n) is 8.18. The molecule has 1 aliphatic rings. The zero-order valence-electron chi connectivity index (χ0n) is 14.0. The predicted molar refractivity (Wildman–Crippen MR) is 88.9 cm³/mol. The Balaban J connectivity index is 2.00. The summed E-state index contributed by atoms with van der Waals surface area (Å²) in [6, 6.07) is 7.14. The van der Waals surface area contributed by atoms with Gasteiger partial charge < -0.3 is 10.1 Å². The van der Waals surface area contributed by atoms with E-state index in [1.54, 1.807) is 7.11 Å². The first kappa shape index (κ1) is 16.3. The van der Waals surface area contributed by atoms with Crippen LogP contribution in [0.15, 0.2) is 18.2 Å². The molecule has 1 aliphatic heterocycles. The van der Waals surface area contributed by atoms with Crippen LogP contribution in [0.2, 0.25) is 0 Å². The van der Waals surface area contributed by atoms with Crippen molar-refractivity contribution in [1.29, 1.82) is 0 Å². The predicted octanol–water partition coefficient (Wildman–Crippen LogP) is 3.21. The van der Waals surface area contributed by atoms with E-state index in [0.29, 0.717) is 6.04 Å². The fourth-order valence-electron chi connectivity index (χ4n) is 3.13. The summed E-state index contributed by atoms with van der Waals surface area (Å²) >= 11 is 0. The number of methoxy groups -OCH3 is 1. The first-order chi connectivity index (χ1) is 10.1. The molecular weight excluding hydrogens is 260 g/mol. The zero-order chi connectivity index (χ0) is 15.2. The number of piperidine rings is 1. The number of ether oxygens (including phenoxy) is 1. The zero-order valence-corrected chi connectivity index (χ0v) is 14.0. The summed E-state index contributed by atoms with van der Waals surface area (Å²) in [5, 5.41) is 3.45. The maximum atomic E-state index is 5.35. The smallest absolute Gasteiger partial charge is 0.121 e. The molecule has 118 valence electrons. The van der Waals surface area contributed by atoms with Crippen LogP contribution in [-0.2, 0) is 6.54 Å². The van der Waals surface area contributed by atoms with E-state index in [0.717, 1.165) is 18.2 Å². The normalized spacial score (nSPS) is 16.7. The summed E-state index contributed by atoms with van der Waals surface area (Å²) in [6.07, 6.45) is 2.62. The Kier molecular flexibility index (Phi) is 6.07. The second kappa shape index (κ2) is 7.81. The van der Waals surface area contributed by atoms with E-state index in [2.05, 4.69) is 49.2 Å².